The van der Waals surface area contributed by atoms with Gasteiger partial charge in [-0.1, -0.05) is 0 Å². The van der Waals surface area contributed by atoms with Crippen molar-refractivity contribution in [3.8, 4) is 0 Å². The molecule has 0 aliphatic carbocycles. The summed E-state index contributed by atoms with van der Waals surface area (Å²) >= 11 is 0. The predicted octanol–water partition coefficient (Wildman–Crippen LogP) is 1.09. The van der Waals surface area contributed by atoms with Gasteiger partial charge < -0.3 is 5.73 Å². The van der Waals surface area contributed by atoms with Crippen LogP contribution in [0.3, 0.4) is 0 Å². The highest BCUT2D eigenvalue weighted by molar-refractivity contribution is 5.95. The van der Waals surface area contributed by atoms with Crippen LogP contribution in [0.25, 0.3) is 0 Å². The normalized spacial score (nSPS) is 10.2. The highest BCUT2D eigenvalue weighted by Crippen LogP contribution is 2.04. The highest BCUT2D eigenvalue weighted by atomic mass is 19.1. The van der Waals surface area contributed by atoms with E-state index in [-0.39, 0.29) is 18.1 Å². The van der Waals surface area contributed by atoms with Crippen LogP contribution in [0.5, 0.6) is 0 Å². The van der Waals surface area contributed by atoms with Crippen LogP contribution in [0.2, 0.25) is 0 Å². The summed E-state index contributed by atoms with van der Waals surface area (Å²) in [6, 6.07) is 8.53. The molecule has 1 aromatic heterocycles. The zero-order chi connectivity index (χ0) is 13.8. The van der Waals surface area contributed by atoms with Crippen LogP contribution in [-0.4, -0.2) is 11.7 Å². The Kier molecular flexibility index (Phi) is 3.66. The fraction of sp³-hybridized carbons (Fsp3) is 0.0714. The zero-order valence-corrected chi connectivity index (χ0v) is 10.0. The highest BCUT2D eigenvalue weighted by Gasteiger charge is 2.13. The van der Waals surface area contributed by atoms with E-state index >= 15 is 0 Å². The topological polar surface area (TPSA) is 64.0 Å². The third kappa shape index (κ3) is 3.22. The summed E-state index contributed by atoms with van der Waals surface area (Å²) in [5.41, 5.74) is 5.91. The number of pyridine rings is 1. The maximum absolute atomic E-state index is 12.8. The lowest BCUT2D eigenvalue weighted by Gasteiger charge is -1.99. The molecule has 19 heavy (non-hydrogen) atoms. The molecule has 5 heteroatoms. The zero-order valence-electron chi connectivity index (χ0n) is 10.0. The number of carbonyl (C=O) groups excluding carboxylic acids is 2. The smallest absolute Gasteiger partial charge is 0.254 e. The lowest BCUT2D eigenvalue weighted by molar-refractivity contribution is -0.683. The quantitative estimate of drug-likeness (QED) is 0.660. The van der Waals surface area contributed by atoms with Crippen LogP contribution in [0, 0.1) is 5.82 Å². The van der Waals surface area contributed by atoms with Crippen molar-refractivity contribution in [3.05, 3.63) is 65.7 Å². The number of benzene rings is 1. The first-order valence-electron chi connectivity index (χ1n) is 5.64. The summed E-state index contributed by atoms with van der Waals surface area (Å²) < 4.78 is 14.3. The van der Waals surface area contributed by atoms with Crippen LogP contribution in [0.15, 0.2) is 48.8 Å². The van der Waals surface area contributed by atoms with Crippen LogP contribution in [0.4, 0.5) is 4.39 Å². The molecule has 2 aromatic rings. The van der Waals surface area contributed by atoms with Gasteiger partial charge in [0.1, 0.15) is 11.4 Å². The van der Waals surface area contributed by atoms with Crippen molar-refractivity contribution in [3.63, 3.8) is 0 Å². The lowest BCUT2D eigenvalue weighted by atomic mass is 10.1. The summed E-state index contributed by atoms with van der Waals surface area (Å²) in [6.07, 6.45) is 3.16. The fourth-order valence-electron chi connectivity index (χ4n) is 1.66. The van der Waals surface area contributed by atoms with E-state index in [9.17, 15) is 14.0 Å². The Morgan fingerprint density at radius 3 is 2.42 bits per heavy atom. The molecular weight excluding hydrogens is 247 g/mol. The molecule has 0 saturated heterocycles. The minimum absolute atomic E-state index is 0.0623. The van der Waals surface area contributed by atoms with Crippen molar-refractivity contribution in [2.45, 2.75) is 6.54 Å². The van der Waals surface area contributed by atoms with Crippen LogP contribution in [0.1, 0.15) is 20.7 Å². The van der Waals surface area contributed by atoms with E-state index in [0.29, 0.717) is 11.1 Å². The number of hydrogen-bond acceptors (Lipinski definition) is 2. The van der Waals surface area contributed by atoms with E-state index in [1.807, 2.05) is 0 Å². The number of amides is 1. The standard InChI is InChI=1S/C14H11FN2O2/c15-12-5-3-10(4-6-12)13(18)9-17-7-1-2-11(8-17)14(16)19/h1-8H,9H2,(H-,16,19)/p+1. The van der Waals surface area contributed by atoms with Crippen molar-refractivity contribution < 1.29 is 18.5 Å². The van der Waals surface area contributed by atoms with Gasteiger partial charge in [-0.25, -0.2) is 4.39 Å². The van der Waals surface area contributed by atoms with Gasteiger partial charge in [0.15, 0.2) is 12.4 Å². The fourth-order valence-corrected chi connectivity index (χ4v) is 1.66. The number of nitrogens with zero attached hydrogens (tertiary/aromatic N) is 1. The monoisotopic (exact) mass is 259 g/mol. The van der Waals surface area contributed by atoms with Crippen LogP contribution < -0.4 is 10.3 Å². The molecule has 0 aliphatic heterocycles. The van der Waals surface area contributed by atoms with Crippen molar-refractivity contribution in [1.82, 2.24) is 0 Å². The van der Waals surface area contributed by atoms with Crippen molar-refractivity contribution in [1.29, 1.82) is 0 Å². The second-order valence-corrected chi connectivity index (χ2v) is 4.06. The molecule has 0 unspecified atom stereocenters. The number of hydrogen-bond donors (Lipinski definition) is 1. The predicted molar refractivity (Wildman–Crippen MR) is 65.9 cm³/mol. The summed E-state index contributed by atoms with van der Waals surface area (Å²) in [5, 5.41) is 0. The molecule has 0 fully saturated rings. The molecule has 1 amide bonds. The molecule has 2 N–H and O–H groups in total. The third-order valence-electron chi connectivity index (χ3n) is 2.64. The third-order valence-corrected chi connectivity index (χ3v) is 2.64. The molecule has 1 heterocycles. The van der Waals surface area contributed by atoms with Gasteiger partial charge >= 0.3 is 0 Å². The molecular formula is C14H12FN2O2+. The van der Waals surface area contributed by atoms with Gasteiger partial charge in [-0.3, -0.25) is 9.59 Å². The minimum Gasteiger partial charge on any atom is -0.365 e. The maximum atomic E-state index is 12.8. The number of halogens is 1. The van der Waals surface area contributed by atoms with Crippen LogP contribution >= 0.6 is 0 Å². The average molecular weight is 259 g/mol. The molecule has 2 rings (SSSR count). The number of aromatic nitrogens is 1. The number of primary amides is 1. The van der Waals surface area contributed by atoms with E-state index in [1.54, 1.807) is 22.9 Å². The van der Waals surface area contributed by atoms with Gasteiger partial charge in [0.2, 0.25) is 12.3 Å². The molecule has 1 aromatic carbocycles. The second-order valence-electron chi connectivity index (χ2n) is 4.06. The molecule has 96 valence electrons. The summed E-state index contributed by atoms with van der Waals surface area (Å²) in [4.78, 5) is 23.0. The van der Waals surface area contributed by atoms with Crippen molar-refractivity contribution in [2.24, 2.45) is 5.73 Å². The van der Waals surface area contributed by atoms with E-state index in [4.69, 9.17) is 5.73 Å². The Labute approximate surface area is 109 Å². The number of nitrogens with two attached hydrogens (primary N) is 1. The minimum atomic E-state index is -0.552. The summed E-state index contributed by atoms with van der Waals surface area (Å²) in [6.45, 7) is 0.0623. The molecule has 0 aliphatic rings. The lowest BCUT2D eigenvalue weighted by Crippen LogP contribution is -2.38. The Morgan fingerprint density at radius 2 is 1.79 bits per heavy atom. The first-order chi connectivity index (χ1) is 9.06. The van der Waals surface area contributed by atoms with E-state index in [1.165, 1.54) is 30.5 Å². The summed E-state index contributed by atoms with van der Waals surface area (Å²) in [5.74, 6) is -1.12. The Balaban J connectivity index is 2.17. The number of carbonyl (C=O) groups is 2. The van der Waals surface area contributed by atoms with Gasteiger partial charge in [0, 0.05) is 11.6 Å². The van der Waals surface area contributed by atoms with Crippen LogP contribution in [-0.2, 0) is 6.54 Å². The van der Waals surface area contributed by atoms with E-state index in [2.05, 4.69) is 0 Å². The Hall–Kier alpha value is -2.56. The Morgan fingerprint density at radius 1 is 1.11 bits per heavy atom. The molecule has 0 radical (unpaired) electrons. The molecule has 0 bridgehead atoms. The molecule has 0 saturated carbocycles. The van der Waals surface area contributed by atoms with E-state index < -0.39 is 5.91 Å². The van der Waals surface area contributed by atoms with Crippen molar-refractivity contribution >= 4 is 11.7 Å². The van der Waals surface area contributed by atoms with Gasteiger partial charge in [0.05, 0.1) is 0 Å². The Bertz CT molecular complexity index is 624. The van der Waals surface area contributed by atoms with Gasteiger partial charge in [-0.15, -0.1) is 0 Å². The number of ketones is 1. The largest absolute Gasteiger partial charge is 0.365 e. The van der Waals surface area contributed by atoms with Gasteiger partial charge in [-0.2, -0.15) is 4.57 Å². The van der Waals surface area contributed by atoms with Gasteiger partial charge in [0.25, 0.3) is 5.91 Å². The molecule has 4 nitrogen and oxygen atoms in total. The number of Topliss-reactive ketones (excluding diaryl/α,β-unsaturated/α-hetero) is 1. The first kappa shape index (κ1) is 12.9. The average Bonchev–Trinajstić information content (AvgIpc) is 2.39. The second kappa shape index (κ2) is 5.39. The number of rotatable bonds is 4. The van der Waals surface area contributed by atoms with Gasteiger partial charge in [-0.05, 0) is 30.3 Å². The molecule has 0 atom stereocenters. The first-order valence-corrected chi connectivity index (χ1v) is 5.64. The van der Waals surface area contributed by atoms with Crippen molar-refractivity contribution in [2.75, 3.05) is 0 Å². The van der Waals surface area contributed by atoms with E-state index in [0.717, 1.165) is 0 Å². The maximum Gasteiger partial charge on any atom is 0.254 e. The SMILES string of the molecule is NC(=O)c1ccc[n+](CC(=O)c2ccc(F)cc2)c1. The molecule has 0 spiro atoms. The summed E-state index contributed by atoms with van der Waals surface area (Å²) in [7, 11) is 0.